The minimum atomic E-state index is -0.118. The van der Waals surface area contributed by atoms with Crippen molar-refractivity contribution in [2.75, 3.05) is 6.61 Å². The van der Waals surface area contributed by atoms with E-state index in [1.165, 1.54) is 17.7 Å². The molecule has 4 heteroatoms. The predicted molar refractivity (Wildman–Crippen MR) is 245 cm³/mol. The fraction of sp³-hybridized carbons (Fsp3) is 0.729. The number of ketones is 1. The monoisotopic (exact) mass is 740 g/mol. The van der Waals surface area contributed by atoms with Gasteiger partial charge in [0.05, 0.1) is 12.5 Å². The minimum Gasteiger partial charge on any atom is -0.466 e. The highest BCUT2D eigenvalue weighted by Crippen LogP contribution is 2.07. The molecule has 0 N–H and O–H groups in total. The zero-order valence-corrected chi connectivity index (χ0v) is 33.4. The molecule has 0 amide bonds. The van der Waals surface area contributed by atoms with Crippen molar-refractivity contribution in [2.24, 2.45) is 41.4 Å². The zero-order valence-electron chi connectivity index (χ0n) is 33.4. The van der Waals surface area contributed by atoms with Gasteiger partial charge in [-0.15, -0.1) is 0 Å². The second-order valence-electron chi connectivity index (χ2n) is 14.5. The number of carbonyl (C=O) groups excluding carboxylic acids is 2. The number of hydrogen-bond donors (Lipinski definition) is 0. The van der Waals surface area contributed by atoms with Gasteiger partial charge in [0.1, 0.15) is 5.78 Å². The molecule has 0 unspecified atom stereocenters. The van der Waals surface area contributed by atoms with Gasteiger partial charge in [0, 0.05) is 24.2 Å². The minimum absolute atomic E-state index is 0. The van der Waals surface area contributed by atoms with Crippen LogP contribution in [0.4, 0.5) is 0 Å². The van der Waals surface area contributed by atoms with Gasteiger partial charge in [-0.05, 0) is 73.5 Å². The molecule has 0 spiro atoms. The first kappa shape index (κ1) is 74.6. The van der Waals surface area contributed by atoms with Gasteiger partial charge in [-0.2, -0.15) is 0 Å². The van der Waals surface area contributed by atoms with Crippen molar-refractivity contribution in [3.8, 4) is 0 Å². The number of Topliss-reactive ketones (excluding diaryl/α,β-unsaturated/α-hetero) is 1. The summed E-state index contributed by atoms with van der Waals surface area (Å²) in [5, 5.41) is 0. The third-order valence-electron chi connectivity index (χ3n) is 6.06. The first-order valence-electron chi connectivity index (χ1n) is 17.9. The number of ether oxygens (including phenoxy) is 1. The van der Waals surface area contributed by atoms with Gasteiger partial charge in [0.15, 0.2) is 0 Å². The summed E-state index contributed by atoms with van der Waals surface area (Å²) in [6.07, 6.45) is 5.86. The third-order valence-corrected chi connectivity index (χ3v) is 6.06. The van der Waals surface area contributed by atoms with E-state index in [1.54, 1.807) is 6.92 Å². The van der Waals surface area contributed by atoms with Gasteiger partial charge in [0.25, 0.3) is 0 Å². The van der Waals surface area contributed by atoms with Crippen molar-refractivity contribution in [1.29, 1.82) is 0 Å². The number of rotatable bonds is 10. The largest absolute Gasteiger partial charge is 0.466 e. The Bertz CT molecular complexity index is 825. The average Bonchev–Trinajstić information content (AvgIpc) is 2.95. The van der Waals surface area contributed by atoms with Gasteiger partial charge in [0.2, 0.25) is 0 Å². The number of hydrogen-bond acceptors (Lipinski definition) is 4. The normalized spacial score (nSPS) is 8.92. The fourth-order valence-corrected chi connectivity index (χ4v) is 2.87. The second kappa shape index (κ2) is 50.6. The molecule has 52 heavy (non-hydrogen) atoms. The number of carbonyl (C=O) groups is 2. The molecular formula is C48H101NO3. The van der Waals surface area contributed by atoms with Crippen LogP contribution in [0.1, 0.15) is 186 Å². The summed E-state index contributed by atoms with van der Waals surface area (Å²) in [6, 6.07) is 16.7. The van der Waals surface area contributed by atoms with E-state index in [0.29, 0.717) is 18.3 Å². The molecule has 2 rings (SSSR count). The molecule has 0 atom stereocenters. The molecule has 2 aromatic rings. The smallest absolute Gasteiger partial charge is 0.308 e. The van der Waals surface area contributed by atoms with Crippen molar-refractivity contribution in [3.63, 3.8) is 0 Å². The van der Waals surface area contributed by atoms with Crippen LogP contribution >= 0.6 is 0 Å². The highest BCUT2D eigenvalue weighted by atomic mass is 16.5. The molecule has 1 aromatic carbocycles. The Kier molecular flexibility index (Phi) is 72.7. The number of benzene rings is 1. The lowest BCUT2D eigenvalue weighted by molar-refractivity contribution is -0.146. The second-order valence-corrected chi connectivity index (χ2v) is 14.5. The van der Waals surface area contributed by atoms with E-state index in [9.17, 15) is 9.59 Å². The quantitative estimate of drug-likeness (QED) is 0.228. The van der Waals surface area contributed by atoms with Crippen LogP contribution in [0.3, 0.4) is 0 Å². The number of nitrogens with zero attached hydrogens (tertiary/aromatic N) is 1. The first-order chi connectivity index (χ1) is 21.3. The lowest BCUT2D eigenvalue weighted by Crippen LogP contribution is -2.10. The van der Waals surface area contributed by atoms with E-state index in [2.05, 4.69) is 122 Å². The maximum absolute atomic E-state index is 10.7. The van der Waals surface area contributed by atoms with Crippen molar-refractivity contribution >= 4 is 11.8 Å². The number of esters is 1. The lowest BCUT2D eigenvalue weighted by atomic mass is 10.0. The molecule has 0 saturated heterocycles. The van der Waals surface area contributed by atoms with E-state index in [-0.39, 0.29) is 62.4 Å². The molecule has 0 aliphatic carbocycles. The Hall–Kier alpha value is -2.49. The first-order valence-corrected chi connectivity index (χ1v) is 17.9. The summed E-state index contributed by atoms with van der Waals surface area (Å²) < 4.78 is 4.66. The molecule has 1 aromatic heterocycles. The lowest BCUT2D eigenvalue weighted by Gasteiger charge is -2.05. The molecule has 1 heterocycles. The van der Waals surface area contributed by atoms with Crippen LogP contribution < -0.4 is 0 Å². The van der Waals surface area contributed by atoms with E-state index < -0.39 is 0 Å². The zero-order chi connectivity index (χ0) is 36.7. The molecule has 4 nitrogen and oxygen atoms in total. The van der Waals surface area contributed by atoms with Crippen molar-refractivity contribution in [2.45, 2.75) is 188 Å². The van der Waals surface area contributed by atoms with Gasteiger partial charge in [-0.3, -0.25) is 14.6 Å². The number of pyridine rings is 1. The maximum Gasteiger partial charge on any atom is 0.308 e. The Balaban J connectivity index is -0.0000000507. The van der Waals surface area contributed by atoms with E-state index in [1.807, 2.05) is 52.9 Å². The molecule has 316 valence electrons. The summed E-state index contributed by atoms with van der Waals surface area (Å²) >= 11 is 0. The van der Waals surface area contributed by atoms with Gasteiger partial charge in [-0.25, -0.2) is 0 Å². The Morgan fingerprint density at radius 1 is 0.577 bits per heavy atom. The summed E-state index contributed by atoms with van der Waals surface area (Å²) in [6.45, 7) is 36.2. The van der Waals surface area contributed by atoms with Crippen LogP contribution in [-0.4, -0.2) is 23.3 Å². The van der Waals surface area contributed by atoms with Crippen molar-refractivity contribution in [3.05, 3.63) is 66.0 Å². The SMILES string of the molecule is C.C.C.C.C.C.CC(C)C.CC(C)C(C)C.CC(C)Cc1ccccc1.CC(C)Cc1ccccn1.CCCC(=O)C(C)C.CCOC(=O)C(C)C. The van der Waals surface area contributed by atoms with Crippen LogP contribution in [0.2, 0.25) is 0 Å². The van der Waals surface area contributed by atoms with Gasteiger partial charge in [-0.1, -0.05) is 192 Å². The third kappa shape index (κ3) is 65.8. The maximum atomic E-state index is 10.7. The molecule has 0 bridgehead atoms. The number of aromatic nitrogens is 1. The topological polar surface area (TPSA) is 56.3 Å². The van der Waals surface area contributed by atoms with Crippen LogP contribution in [0, 0.1) is 41.4 Å². The Morgan fingerprint density at radius 3 is 1.21 bits per heavy atom. The standard InChI is InChI=1S/C10H14.C9H13N.C7H14O.C6H12O2.C6H14.C4H10.6CH4/c1-9(2)8-10-6-4-3-5-7-10;1-8(2)7-9-5-3-4-6-10-9;1-4-5-7(8)6(2)3;1-4-8-6(7)5(2)3;1-5(2)6(3)4;1-4(2)3;;;;;;/h3-7,9H,8H2,1-2H3;3-6,8H,7H2,1-2H3;6H,4-5H2,1-3H3;5H,4H2,1-3H3;5-6H,1-4H3;4H,1-3H3;6*1H4. The highest BCUT2D eigenvalue weighted by Gasteiger charge is 2.05. The summed E-state index contributed by atoms with van der Waals surface area (Å²) in [7, 11) is 0. The van der Waals surface area contributed by atoms with Crippen LogP contribution in [0.5, 0.6) is 0 Å². The molecule has 0 aliphatic heterocycles. The Morgan fingerprint density at radius 2 is 0.981 bits per heavy atom. The molecular weight excluding hydrogens is 639 g/mol. The van der Waals surface area contributed by atoms with Gasteiger partial charge < -0.3 is 4.74 Å². The van der Waals surface area contributed by atoms with Crippen molar-refractivity contribution < 1.29 is 14.3 Å². The summed E-state index contributed by atoms with van der Waals surface area (Å²) in [5.74, 6) is 4.51. The van der Waals surface area contributed by atoms with E-state index in [0.717, 1.165) is 42.9 Å². The highest BCUT2D eigenvalue weighted by molar-refractivity contribution is 5.80. The van der Waals surface area contributed by atoms with Crippen LogP contribution in [0.15, 0.2) is 54.7 Å². The molecule has 0 radical (unpaired) electrons. The van der Waals surface area contributed by atoms with Crippen LogP contribution in [-0.2, 0) is 27.2 Å². The Labute approximate surface area is 332 Å². The fourth-order valence-electron chi connectivity index (χ4n) is 2.87. The predicted octanol–water partition coefficient (Wildman–Crippen LogP) is 16.2. The van der Waals surface area contributed by atoms with E-state index in [4.69, 9.17) is 0 Å². The van der Waals surface area contributed by atoms with E-state index >= 15 is 0 Å². The molecule has 0 fully saturated rings. The molecule has 0 aliphatic rings. The van der Waals surface area contributed by atoms with Gasteiger partial charge >= 0.3 is 5.97 Å². The summed E-state index contributed by atoms with van der Waals surface area (Å²) in [4.78, 5) is 25.5. The molecule has 0 saturated carbocycles. The van der Waals surface area contributed by atoms with Crippen molar-refractivity contribution in [1.82, 2.24) is 4.98 Å². The van der Waals surface area contributed by atoms with Crippen LogP contribution in [0.25, 0.3) is 0 Å². The summed E-state index contributed by atoms with van der Waals surface area (Å²) in [5.41, 5.74) is 2.63. The average molecular weight is 740 g/mol.